The maximum Gasteiger partial charge on any atom is 0.407 e. The molecule has 3 fully saturated rings. The summed E-state index contributed by atoms with van der Waals surface area (Å²) in [6.07, 6.45) is 5.75. The van der Waals surface area contributed by atoms with E-state index < -0.39 is 6.09 Å². The number of ether oxygens (including phenoxy) is 1. The van der Waals surface area contributed by atoms with Crippen molar-refractivity contribution in [2.24, 2.45) is 11.7 Å². The molecule has 0 spiro atoms. The van der Waals surface area contributed by atoms with Crippen LogP contribution in [0.4, 0.5) is 4.79 Å². The molecule has 0 radical (unpaired) electrons. The van der Waals surface area contributed by atoms with Gasteiger partial charge >= 0.3 is 6.09 Å². The SMILES string of the molecule is N[C@H]1[C@H]2CC[C@H]2N(C(=O)O)[C@H]1COC1CCC(c2ccccc2)CC1. The van der Waals surface area contributed by atoms with Gasteiger partial charge in [0, 0.05) is 12.1 Å². The third-order valence-electron chi connectivity index (χ3n) is 6.61. The fourth-order valence-corrected chi connectivity index (χ4v) is 5.02. The van der Waals surface area contributed by atoms with Crippen molar-refractivity contribution in [3.63, 3.8) is 0 Å². The van der Waals surface area contributed by atoms with E-state index in [1.807, 2.05) is 0 Å². The highest BCUT2D eigenvalue weighted by Crippen LogP contribution is 2.43. The number of nitrogens with two attached hydrogens (primary N) is 1. The highest BCUT2D eigenvalue weighted by atomic mass is 16.5. The molecule has 3 N–H and O–H groups in total. The lowest BCUT2D eigenvalue weighted by Gasteiger charge is -2.35. The number of hydrogen-bond donors (Lipinski definition) is 2. The van der Waals surface area contributed by atoms with E-state index in [1.54, 1.807) is 4.90 Å². The van der Waals surface area contributed by atoms with Crippen LogP contribution in [0.15, 0.2) is 30.3 Å². The van der Waals surface area contributed by atoms with Crippen LogP contribution in [-0.4, -0.2) is 46.9 Å². The zero-order valence-electron chi connectivity index (χ0n) is 14.6. The number of carbonyl (C=O) groups is 1. The number of carboxylic acid groups (broad SMARTS) is 1. The fourth-order valence-electron chi connectivity index (χ4n) is 5.02. The molecule has 3 aliphatic rings. The highest BCUT2D eigenvalue weighted by molar-refractivity contribution is 5.67. The summed E-state index contributed by atoms with van der Waals surface area (Å²) in [4.78, 5) is 13.2. The second-order valence-electron chi connectivity index (χ2n) is 7.86. The van der Waals surface area contributed by atoms with Crippen molar-refractivity contribution in [2.75, 3.05) is 6.61 Å². The van der Waals surface area contributed by atoms with Gasteiger partial charge in [-0.1, -0.05) is 30.3 Å². The third-order valence-corrected chi connectivity index (χ3v) is 6.61. The van der Waals surface area contributed by atoms with Gasteiger partial charge in [0.05, 0.1) is 18.8 Å². The first-order valence-corrected chi connectivity index (χ1v) is 9.58. The molecule has 136 valence electrons. The summed E-state index contributed by atoms with van der Waals surface area (Å²) in [5, 5.41) is 9.54. The molecule has 1 saturated heterocycles. The standard InChI is InChI=1S/C20H28N2O3/c21-19-16-10-11-17(16)22(20(23)24)18(19)12-25-15-8-6-14(7-9-15)13-4-2-1-3-5-13/h1-5,14-19H,6-12,21H2,(H,23,24)/t14?,15?,16-,17+,18-,19-/m0/s1. The van der Waals surface area contributed by atoms with Crippen LogP contribution in [0.2, 0.25) is 0 Å². The molecule has 0 aromatic heterocycles. The summed E-state index contributed by atoms with van der Waals surface area (Å²) in [5.74, 6) is 0.958. The summed E-state index contributed by atoms with van der Waals surface area (Å²) in [6.45, 7) is 0.446. The molecule has 4 atom stereocenters. The maximum atomic E-state index is 11.6. The molecule has 5 heteroatoms. The van der Waals surface area contributed by atoms with E-state index in [0.29, 0.717) is 18.4 Å². The van der Waals surface area contributed by atoms with Crippen LogP contribution in [0.1, 0.15) is 50.0 Å². The zero-order valence-corrected chi connectivity index (χ0v) is 14.6. The Bertz CT molecular complexity index is 600. The van der Waals surface area contributed by atoms with Gasteiger partial charge < -0.3 is 15.6 Å². The fraction of sp³-hybridized carbons (Fsp3) is 0.650. The van der Waals surface area contributed by atoms with Crippen molar-refractivity contribution in [2.45, 2.75) is 68.7 Å². The first kappa shape index (κ1) is 16.9. The molecule has 4 rings (SSSR count). The Hall–Kier alpha value is -1.59. The van der Waals surface area contributed by atoms with E-state index in [-0.39, 0.29) is 24.2 Å². The van der Waals surface area contributed by atoms with Gasteiger partial charge in [-0.05, 0) is 55.9 Å². The number of rotatable bonds is 4. The van der Waals surface area contributed by atoms with Crippen LogP contribution in [0.25, 0.3) is 0 Å². The molecule has 1 aliphatic heterocycles. The van der Waals surface area contributed by atoms with Gasteiger partial charge in [-0.3, -0.25) is 4.90 Å². The molecule has 1 heterocycles. The van der Waals surface area contributed by atoms with E-state index in [0.717, 1.165) is 38.5 Å². The summed E-state index contributed by atoms with van der Waals surface area (Å²) in [6, 6.07) is 10.6. The Labute approximate surface area is 149 Å². The van der Waals surface area contributed by atoms with E-state index in [9.17, 15) is 9.90 Å². The minimum absolute atomic E-state index is 0.0736. The van der Waals surface area contributed by atoms with Gasteiger partial charge in [0.15, 0.2) is 0 Å². The Kier molecular flexibility index (Phi) is 4.69. The summed E-state index contributed by atoms with van der Waals surface area (Å²) >= 11 is 0. The lowest BCUT2D eigenvalue weighted by molar-refractivity contribution is -0.00775. The van der Waals surface area contributed by atoms with Crippen LogP contribution in [0.5, 0.6) is 0 Å². The monoisotopic (exact) mass is 344 g/mol. The van der Waals surface area contributed by atoms with E-state index >= 15 is 0 Å². The predicted octanol–water partition coefficient (Wildman–Crippen LogP) is 3.20. The van der Waals surface area contributed by atoms with Gasteiger partial charge in [0.1, 0.15) is 0 Å². The van der Waals surface area contributed by atoms with Crippen molar-refractivity contribution in [3.8, 4) is 0 Å². The second-order valence-corrected chi connectivity index (χ2v) is 7.86. The molecular weight excluding hydrogens is 316 g/mol. The Balaban J connectivity index is 1.30. The molecule has 2 saturated carbocycles. The molecule has 1 amide bonds. The average Bonchev–Trinajstić information content (AvgIpc) is 2.79. The van der Waals surface area contributed by atoms with E-state index in [4.69, 9.17) is 10.5 Å². The maximum absolute atomic E-state index is 11.6. The van der Waals surface area contributed by atoms with Gasteiger partial charge in [0.25, 0.3) is 0 Å². The number of amides is 1. The summed E-state index contributed by atoms with van der Waals surface area (Å²) < 4.78 is 6.14. The molecule has 25 heavy (non-hydrogen) atoms. The van der Waals surface area contributed by atoms with Crippen LogP contribution >= 0.6 is 0 Å². The topological polar surface area (TPSA) is 75.8 Å². The van der Waals surface area contributed by atoms with Crippen LogP contribution in [-0.2, 0) is 4.74 Å². The Morgan fingerprint density at radius 1 is 1.12 bits per heavy atom. The third kappa shape index (κ3) is 3.15. The number of benzene rings is 1. The van der Waals surface area contributed by atoms with Gasteiger partial charge in [-0.25, -0.2) is 4.79 Å². The molecule has 1 aromatic carbocycles. The largest absolute Gasteiger partial charge is 0.465 e. The minimum atomic E-state index is -0.843. The molecule has 0 unspecified atom stereocenters. The predicted molar refractivity (Wildman–Crippen MR) is 95.5 cm³/mol. The van der Waals surface area contributed by atoms with Crippen molar-refractivity contribution in [1.82, 2.24) is 4.90 Å². The minimum Gasteiger partial charge on any atom is -0.465 e. The first-order valence-electron chi connectivity index (χ1n) is 9.58. The molecule has 2 aliphatic carbocycles. The zero-order chi connectivity index (χ0) is 17.4. The average molecular weight is 344 g/mol. The van der Waals surface area contributed by atoms with Crippen LogP contribution < -0.4 is 5.73 Å². The molecule has 0 bridgehead atoms. The number of fused-ring (bicyclic) bond motifs is 1. The molecule has 5 nitrogen and oxygen atoms in total. The molecule has 1 aromatic rings. The summed E-state index contributed by atoms with van der Waals surface area (Å²) in [7, 11) is 0. The normalized spacial score (nSPS) is 37.4. The number of likely N-dealkylation sites (tertiary alicyclic amines) is 1. The van der Waals surface area contributed by atoms with Crippen molar-refractivity contribution >= 4 is 6.09 Å². The van der Waals surface area contributed by atoms with Crippen LogP contribution in [0.3, 0.4) is 0 Å². The van der Waals surface area contributed by atoms with Gasteiger partial charge in [-0.2, -0.15) is 0 Å². The Morgan fingerprint density at radius 3 is 2.44 bits per heavy atom. The van der Waals surface area contributed by atoms with Crippen molar-refractivity contribution < 1.29 is 14.6 Å². The molecular formula is C20H28N2O3. The number of hydrogen-bond acceptors (Lipinski definition) is 3. The van der Waals surface area contributed by atoms with E-state index in [1.165, 1.54) is 5.56 Å². The van der Waals surface area contributed by atoms with E-state index in [2.05, 4.69) is 30.3 Å². The summed E-state index contributed by atoms with van der Waals surface area (Å²) in [5.41, 5.74) is 7.74. The number of nitrogens with zero attached hydrogens (tertiary/aromatic N) is 1. The van der Waals surface area contributed by atoms with Gasteiger partial charge in [-0.15, -0.1) is 0 Å². The van der Waals surface area contributed by atoms with Crippen molar-refractivity contribution in [1.29, 1.82) is 0 Å². The lowest BCUT2D eigenvalue weighted by atomic mass is 9.77. The second kappa shape index (κ2) is 6.96. The Morgan fingerprint density at radius 2 is 1.84 bits per heavy atom. The quantitative estimate of drug-likeness (QED) is 0.879. The smallest absolute Gasteiger partial charge is 0.407 e. The highest BCUT2D eigenvalue weighted by Gasteiger charge is 2.54. The first-order chi connectivity index (χ1) is 12.1. The van der Waals surface area contributed by atoms with Gasteiger partial charge in [0.2, 0.25) is 0 Å². The van der Waals surface area contributed by atoms with Crippen molar-refractivity contribution in [3.05, 3.63) is 35.9 Å². The lowest BCUT2D eigenvalue weighted by Crippen LogP contribution is -2.47. The van der Waals surface area contributed by atoms with Crippen LogP contribution in [0, 0.1) is 5.92 Å².